The zero-order valence-electron chi connectivity index (χ0n) is 14.7. The van der Waals surface area contributed by atoms with E-state index in [-0.39, 0.29) is 16.1 Å². The Balaban J connectivity index is 1.77. The first-order chi connectivity index (χ1) is 12.4. The average Bonchev–Trinajstić information content (AvgIpc) is 3.05. The van der Waals surface area contributed by atoms with E-state index in [2.05, 4.69) is 6.92 Å². The van der Waals surface area contributed by atoms with Crippen molar-refractivity contribution in [3.8, 4) is 0 Å². The molecule has 4 rings (SSSR count). The summed E-state index contributed by atoms with van der Waals surface area (Å²) in [4.78, 5) is 14.9. The fourth-order valence-corrected chi connectivity index (χ4v) is 6.18. The van der Waals surface area contributed by atoms with Crippen LogP contribution in [0.5, 0.6) is 0 Å². The van der Waals surface area contributed by atoms with E-state index in [1.165, 1.54) is 11.2 Å². The molecule has 0 spiro atoms. The maximum atomic E-state index is 13.2. The molecule has 2 aliphatic heterocycles. The number of benzene rings is 2. The lowest BCUT2D eigenvalue weighted by Gasteiger charge is -2.32. The first-order valence-corrected chi connectivity index (χ1v) is 10.9. The number of hydrogen-bond donors (Lipinski definition) is 0. The van der Waals surface area contributed by atoms with E-state index in [9.17, 15) is 13.2 Å². The van der Waals surface area contributed by atoms with Crippen molar-refractivity contribution in [3.63, 3.8) is 0 Å². The normalized spacial score (nSPS) is 19.2. The number of nitrogens with zero attached hydrogens (tertiary/aromatic N) is 2. The molecule has 0 bridgehead atoms. The van der Waals surface area contributed by atoms with Gasteiger partial charge >= 0.3 is 0 Å². The molecule has 26 heavy (non-hydrogen) atoms. The summed E-state index contributed by atoms with van der Waals surface area (Å²) in [5, 5.41) is 0.277. The van der Waals surface area contributed by atoms with Gasteiger partial charge in [-0.1, -0.05) is 25.1 Å². The Morgan fingerprint density at radius 1 is 1.15 bits per heavy atom. The third-order valence-corrected chi connectivity index (χ3v) is 7.76. The highest BCUT2D eigenvalue weighted by Crippen LogP contribution is 2.41. The van der Waals surface area contributed by atoms with Crippen molar-refractivity contribution in [2.45, 2.75) is 35.3 Å². The second-order valence-electron chi connectivity index (χ2n) is 6.64. The predicted octanol–water partition coefficient (Wildman–Crippen LogP) is 3.29. The Hall–Kier alpha value is -1.99. The van der Waals surface area contributed by atoms with Gasteiger partial charge in [0.2, 0.25) is 5.91 Å². The first kappa shape index (κ1) is 17.4. The second-order valence-corrected chi connectivity index (χ2v) is 9.99. The number of rotatable bonds is 2. The number of fused-ring (bicyclic) bond motifs is 2. The zero-order valence-corrected chi connectivity index (χ0v) is 16.3. The molecule has 0 aliphatic carbocycles. The molecule has 2 aromatic rings. The number of carbonyl (C=O) groups is 1. The maximum Gasteiger partial charge on any atom is 0.264 e. The summed E-state index contributed by atoms with van der Waals surface area (Å²) in [7, 11) is -3.66. The van der Waals surface area contributed by atoms with Crippen LogP contribution >= 0.6 is 11.8 Å². The Morgan fingerprint density at radius 2 is 1.92 bits per heavy atom. The molecule has 136 valence electrons. The molecule has 1 amide bonds. The van der Waals surface area contributed by atoms with E-state index >= 15 is 0 Å². The molecule has 2 aliphatic rings. The van der Waals surface area contributed by atoms with Gasteiger partial charge in [-0.3, -0.25) is 9.10 Å². The quantitative estimate of drug-likeness (QED) is 0.792. The number of thioether (sulfide) groups is 1. The predicted molar refractivity (Wildman–Crippen MR) is 104 cm³/mol. The highest BCUT2D eigenvalue weighted by molar-refractivity contribution is 8.00. The number of hydrogen-bond acceptors (Lipinski definition) is 4. The van der Waals surface area contributed by atoms with Crippen molar-refractivity contribution < 1.29 is 13.2 Å². The number of sulfonamides is 1. The standard InChI is InChI=1S/C19H20N2O3S2/c1-13-12-20(14(2)22)18-11-16(7-8-19(18)25-13)26(23,24)21-10-9-15-5-3-4-6-17(15)21/h3-8,11,13H,9-10,12H2,1-2H3/t13-/m0/s1. The van der Waals surface area contributed by atoms with Gasteiger partial charge in [-0.2, -0.15) is 0 Å². The SMILES string of the molecule is CC(=O)N1C[C@H](C)Sc2ccc(S(=O)(=O)N3CCc4ccccc43)cc21. The van der Waals surface area contributed by atoms with Crippen molar-refractivity contribution in [1.29, 1.82) is 0 Å². The third kappa shape index (κ3) is 2.79. The van der Waals surface area contributed by atoms with Crippen LogP contribution in [0.3, 0.4) is 0 Å². The van der Waals surface area contributed by atoms with Crippen LogP contribution in [-0.4, -0.2) is 32.7 Å². The molecule has 1 atom stereocenters. The summed E-state index contributed by atoms with van der Waals surface area (Å²) in [5.41, 5.74) is 2.48. The minimum Gasteiger partial charge on any atom is -0.310 e. The van der Waals surface area contributed by atoms with Gasteiger partial charge in [0.05, 0.1) is 16.3 Å². The topological polar surface area (TPSA) is 57.7 Å². The maximum absolute atomic E-state index is 13.2. The molecule has 0 unspecified atom stereocenters. The Bertz CT molecular complexity index is 988. The van der Waals surface area contributed by atoms with E-state index in [1.807, 2.05) is 30.3 Å². The van der Waals surface area contributed by atoms with Gasteiger partial charge in [0.1, 0.15) is 0 Å². The number of anilines is 2. The lowest BCUT2D eigenvalue weighted by molar-refractivity contribution is -0.116. The van der Waals surface area contributed by atoms with Gasteiger partial charge < -0.3 is 4.90 Å². The molecule has 5 nitrogen and oxygen atoms in total. The van der Waals surface area contributed by atoms with E-state index in [1.54, 1.807) is 28.8 Å². The molecule has 0 saturated heterocycles. The van der Waals surface area contributed by atoms with Gasteiger partial charge in [0, 0.05) is 30.2 Å². The Kier molecular flexibility index (Phi) is 4.23. The summed E-state index contributed by atoms with van der Waals surface area (Å²) in [6.07, 6.45) is 0.716. The fraction of sp³-hybridized carbons (Fsp3) is 0.316. The molecule has 2 heterocycles. The van der Waals surface area contributed by atoms with E-state index in [0.29, 0.717) is 25.2 Å². The van der Waals surface area contributed by atoms with E-state index in [4.69, 9.17) is 0 Å². The van der Waals surface area contributed by atoms with Crippen LogP contribution in [0.4, 0.5) is 11.4 Å². The first-order valence-electron chi connectivity index (χ1n) is 8.57. The van der Waals surface area contributed by atoms with Gasteiger partial charge in [0.15, 0.2) is 0 Å². The summed E-state index contributed by atoms with van der Waals surface area (Å²) in [6, 6.07) is 12.7. The van der Waals surface area contributed by atoms with Crippen LogP contribution < -0.4 is 9.21 Å². The smallest absolute Gasteiger partial charge is 0.264 e. The fourth-order valence-electron chi connectivity index (χ4n) is 3.56. The number of amides is 1. The van der Waals surface area contributed by atoms with E-state index in [0.717, 1.165) is 16.1 Å². The lowest BCUT2D eigenvalue weighted by Crippen LogP contribution is -2.37. The molecule has 0 N–H and O–H groups in total. The largest absolute Gasteiger partial charge is 0.310 e. The van der Waals surface area contributed by atoms with Crippen molar-refractivity contribution in [2.75, 3.05) is 22.3 Å². The van der Waals surface area contributed by atoms with Crippen molar-refractivity contribution in [1.82, 2.24) is 0 Å². The molecule has 0 saturated carbocycles. The second kappa shape index (κ2) is 6.32. The highest BCUT2D eigenvalue weighted by atomic mass is 32.2. The van der Waals surface area contributed by atoms with Crippen LogP contribution in [0.25, 0.3) is 0 Å². The molecule has 2 aromatic carbocycles. The minimum atomic E-state index is -3.66. The Morgan fingerprint density at radius 3 is 2.69 bits per heavy atom. The minimum absolute atomic E-state index is 0.0699. The average molecular weight is 389 g/mol. The zero-order chi connectivity index (χ0) is 18.5. The lowest BCUT2D eigenvalue weighted by atomic mass is 10.2. The highest BCUT2D eigenvalue weighted by Gasteiger charge is 2.33. The number of para-hydroxylation sites is 1. The van der Waals surface area contributed by atoms with Gasteiger partial charge in [0.25, 0.3) is 10.0 Å². The monoisotopic (exact) mass is 388 g/mol. The van der Waals surface area contributed by atoms with Gasteiger partial charge in [-0.15, -0.1) is 11.8 Å². The van der Waals surface area contributed by atoms with Crippen LogP contribution in [0.15, 0.2) is 52.3 Å². The van der Waals surface area contributed by atoms with Gasteiger partial charge in [-0.05, 0) is 36.2 Å². The summed E-state index contributed by atoms with van der Waals surface area (Å²) >= 11 is 1.67. The molecular formula is C19H20N2O3S2. The van der Waals surface area contributed by atoms with Crippen molar-refractivity contribution in [2.24, 2.45) is 0 Å². The number of carbonyl (C=O) groups excluding carboxylic acids is 1. The molecule has 0 aromatic heterocycles. The summed E-state index contributed by atoms with van der Waals surface area (Å²) in [5.74, 6) is -0.0699. The summed E-state index contributed by atoms with van der Waals surface area (Å²) < 4.78 is 28.0. The van der Waals surface area contributed by atoms with Crippen LogP contribution in [0.1, 0.15) is 19.4 Å². The van der Waals surface area contributed by atoms with Gasteiger partial charge in [-0.25, -0.2) is 8.42 Å². The van der Waals surface area contributed by atoms with Crippen molar-refractivity contribution >= 4 is 39.1 Å². The third-order valence-electron chi connectivity index (χ3n) is 4.80. The molecule has 0 fully saturated rings. The molecule has 7 heteroatoms. The van der Waals surface area contributed by atoms with E-state index < -0.39 is 10.0 Å². The summed E-state index contributed by atoms with van der Waals surface area (Å²) in [6.45, 7) is 4.61. The van der Waals surface area contributed by atoms with Crippen molar-refractivity contribution in [3.05, 3.63) is 48.0 Å². The van der Waals surface area contributed by atoms with Crippen LogP contribution in [0.2, 0.25) is 0 Å². The molecule has 0 radical (unpaired) electrons. The Labute approximate surface area is 158 Å². The van der Waals surface area contributed by atoms with Crippen LogP contribution in [0, 0.1) is 0 Å². The van der Waals surface area contributed by atoms with Crippen LogP contribution in [-0.2, 0) is 21.2 Å². The molecular weight excluding hydrogens is 368 g/mol.